The van der Waals surface area contributed by atoms with Crippen molar-refractivity contribution < 1.29 is 13.3 Å². The minimum Gasteiger partial charge on any atom is -0.283 e. The quantitative estimate of drug-likeness (QED) is 0.553. The van der Waals surface area contributed by atoms with Crippen LogP contribution in [0, 0.1) is 10.1 Å². The molecule has 0 amide bonds. The topological polar surface area (TPSA) is 89.3 Å². The van der Waals surface area contributed by atoms with E-state index in [4.69, 9.17) is 0 Å². The largest absolute Gasteiger partial charge is 0.283 e. The zero-order chi connectivity index (χ0) is 16.8. The first-order valence-corrected chi connectivity index (χ1v) is 9.45. The molecule has 0 saturated carbocycles. The number of hydrogen-bond donors (Lipinski definition) is 1. The van der Waals surface area contributed by atoms with Crippen molar-refractivity contribution in [1.29, 1.82) is 0 Å². The van der Waals surface area contributed by atoms with E-state index in [2.05, 4.69) is 4.72 Å². The van der Waals surface area contributed by atoms with Crippen LogP contribution in [0.5, 0.6) is 0 Å². The van der Waals surface area contributed by atoms with Crippen LogP contribution in [-0.2, 0) is 22.9 Å². The third-order valence-corrected chi connectivity index (χ3v) is 3.96. The molecule has 0 spiro atoms. The van der Waals surface area contributed by atoms with Gasteiger partial charge in [-0.25, -0.2) is 8.42 Å². The number of nitro groups is 1. The van der Waals surface area contributed by atoms with Gasteiger partial charge in [0.05, 0.1) is 16.9 Å². The van der Waals surface area contributed by atoms with E-state index in [1.54, 1.807) is 0 Å². The van der Waals surface area contributed by atoms with Crippen molar-refractivity contribution in [3.05, 3.63) is 33.4 Å². The van der Waals surface area contributed by atoms with Crippen LogP contribution in [-0.4, -0.2) is 19.6 Å². The molecule has 0 aliphatic heterocycles. The predicted molar refractivity (Wildman–Crippen MR) is 88.8 cm³/mol. The highest BCUT2D eigenvalue weighted by atomic mass is 32.2. The molecule has 1 N–H and O–H groups in total. The van der Waals surface area contributed by atoms with Crippen LogP contribution in [0.2, 0.25) is 0 Å². The third kappa shape index (κ3) is 5.63. The van der Waals surface area contributed by atoms with Gasteiger partial charge in [0.2, 0.25) is 10.0 Å². The monoisotopic (exact) mass is 328 g/mol. The maximum atomic E-state index is 11.6. The van der Waals surface area contributed by atoms with Crippen molar-refractivity contribution in [3.8, 4) is 0 Å². The molecule has 0 aliphatic rings. The minimum absolute atomic E-state index is 0.0243. The van der Waals surface area contributed by atoms with E-state index in [9.17, 15) is 18.5 Å². The summed E-state index contributed by atoms with van der Waals surface area (Å²) in [7, 11) is -3.43. The van der Waals surface area contributed by atoms with E-state index in [-0.39, 0.29) is 5.69 Å². The number of anilines is 1. The average Bonchev–Trinajstić information content (AvgIpc) is 2.42. The van der Waals surface area contributed by atoms with Gasteiger partial charge in [-0.15, -0.1) is 0 Å². The van der Waals surface area contributed by atoms with Gasteiger partial charge in [-0.05, 0) is 36.8 Å². The summed E-state index contributed by atoms with van der Waals surface area (Å²) in [4.78, 5) is 10.7. The van der Waals surface area contributed by atoms with Crippen LogP contribution >= 0.6 is 0 Å². The molecule has 0 aromatic heterocycles. The van der Waals surface area contributed by atoms with Crippen molar-refractivity contribution in [1.82, 2.24) is 0 Å². The fourth-order valence-corrected chi connectivity index (χ4v) is 2.93. The lowest BCUT2D eigenvalue weighted by atomic mass is 9.98. The number of sulfonamides is 1. The minimum atomic E-state index is -3.43. The molecule has 0 saturated heterocycles. The third-order valence-electron chi connectivity index (χ3n) is 3.38. The molecule has 0 heterocycles. The first-order valence-electron chi connectivity index (χ1n) is 7.56. The maximum absolute atomic E-state index is 11.6. The molecule has 124 valence electrons. The number of rotatable bonds is 9. The summed E-state index contributed by atoms with van der Waals surface area (Å²) in [5, 5.41) is 11.1. The maximum Gasteiger partial charge on any atom is 0.270 e. The van der Waals surface area contributed by atoms with Crippen molar-refractivity contribution in [3.63, 3.8) is 0 Å². The van der Waals surface area contributed by atoms with Crippen molar-refractivity contribution in [2.24, 2.45) is 0 Å². The Morgan fingerprint density at radius 1 is 1.09 bits per heavy atom. The molecular formula is C15H24N2O4S. The van der Waals surface area contributed by atoms with E-state index in [1.807, 2.05) is 13.8 Å². The smallest absolute Gasteiger partial charge is 0.270 e. The Kier molecular flexibility index (Phi) is 6.80. The average molecular weight is 328 g/mol. The second kappa shape index (κ2) is 8.12. The van der Waals surface area contributed by atoms with Gasteiger partial charge in [-0.2, -0.15) is 0 Å². The Morgan fingerprint density at radius 3 is 1.86 bits per heavy atom. The second-order valence-corrected chi connectivity index (χ2v) is 7.23. The summed E-state index contributed by atoms with van der Waals surface area (Å²) in [5.41, 5.74) is 1.95. The molecule has 0 aliphatic carbocycles. The van der Waals surface area contributed by atoms with Crippen LogP contribution < -0.4 is 4.72 Å². The molecule has 1 aromatic carbocycles. The van der Waals surface area contributed by atoms with Crippen molar-refractivity contribution in [2.75, 3.05) is 11.0 Å². The molecule has 1 rings (SSSR count). The van der Waals surface area contributed by atoms with E-state index in [0.717, 1.165) is 31.9 Å². The number of nitrogens with one attached hydrogen (secondary N) is 1. The SMILES string of the molecule is CCCCc1cc([N+](=O)[O-])cc(CCCC)c1NS(C)(=O)=O. The zero-order valence-electron chi connectivity index (χ0n) is 13.4. The zero-order valence-corrected chi connectivity index (χ0v) is 14.2. The van der Waals surface area contributed by atoms with E-state index >= 15 is 0 Å². The fraction of sp³-hybridized carbons (Fsp3) is 0.600. The van der Waals surface area contributed by atoms with Crippen LogP contribution in [0.4, 0.5) is 11.4 Å². The Balaban J connectivity index is 3.38. The Bertz CT molecular complexity index is 597. The highest BCUT2D eigenvalue weighted by Gasteiger charge is 2.18. The number of unbranched alkanes of at least 4 members (excludes halogenated alkanes) is 2. The summed E-state index contributed by atoms with van der Waals surface area (Å²) < 4.78 is 25.8. The molecular weight excluding hydrogens is 304 g/mol. The summed E-state index contributed by atoms with van der Waals surface area (Å²) in [6.45, 7) is 4.05. The van der Waals surface area contributed by atoms with Gasteiger partial charge in [-0.3, -0.25) is 14.8 Å². The molecule has 7 heteroatoms. The lowest BCUT2D eigenvalue weighted by Gasteiger charge is -2.16. The van der Waals surface area contributed by atoms with Crippen LogP contribution in [0.1, 0.15) is 50.7 Å². The van der Waals surface area contributed by atoms with Crippen LogP contribution in [0.25, 0.3) is 0 Å². The number of nitro benzene ring substituents is 1. The molecule has 6 nitrogen and oxygen atoms in total. The summed E-state index contributed by atoms with van der Waals surface area (Å²) in [6.07, 6.45) is 5.92. The number of hydrogen-bond acceptors (Lipinski definition) is 4. The number of nitrogens with zero attached hydrogens (tertiary/aromatic N) is 1. The van der Waals surface area contributed by atoms with E-state index in [0.29, 0.717) is 29.7 Å². The lowest BCUT2D eigenvalue weighted by molar-refractivity contribution is -0.385. The molecule has 0 atom stereocenters. The van der Waals surface area contributed by atoms with Gasteiger partial charge in [0, 0.05) is 12.1 Å². The van der Waals surface area contributed by atoms with Crippen LogP contribution in [0.3, 0.4) is 0 Å². The first kappa shape index (κ1) is 18.4. The van der Waals surface area contributed by atoms with Gasteiger partial charge in [0.1, 0.15) is 0 Å². The lowest BCUT2D eigenvalue weighted by Crippen LogP contribution is -2.14. The summed E-state index contributed by atoms with van der Waals surface area (Å²) in [5.74, 6) is 0. The molecule has 0 radical (unpaired) electrons. The van der Waals surface area contributed by atoms with E-state index in [1.165, 1.54) is 12.1 Å². The van der Waals surface area contributed by atoms with Gasteiger partial charge in [0.15, 0.2) is 0 Å². The normalized spacial score (nSPS) is 11.4. The van der Waals surface area contributed by atoms with E-state index < -0.39 is 14.9 Å². The summed E-state index contributed by atoms with van der Waals surface area (Å²) in [6, 6.07) is 2.97. The Hall–Kier alpha value is -1.63. The summed E-state index contributed by atoms with van der Waals surface area (Å²) >= 11 is 0. The van der Waals surface area contributed by atoms with Crippen molar-refractivity contribution in [2.45, 2.75) is 52.4 Å². The standard InChI is InChI=1S/C15H24N2O4S/c1-4-6-8-12-10-14(17(18)19)11-13(9-7-5-2)15(12)16-22(3,20)21/h10-11,16H,4-9H2,1-3H3. The second-order valence-electron chi connectivity index (χ2n) is 5.48. The molecule has 0 bridgehead atoms. The molecule has 1 aromatic rings. The highest BCUT2D eigenvalue weighted by Crippen LogP contribution is 2.30. The Morgan fingerprint density at radius 2 is 1.55 bits per heavy atom. The van der Waals surface area contributed by atoms with Gasteiger partial charge < -0.3 is 0 Å². The number of aryl methyl sites for hydroxylation is 2. The molecule has 22 heavy (non-hydrogen) atoms. The van der Waals surface area contributed by atoms with Crippen molar-refractivity contribution >= 4 is 21.4 Å². The highest BCUT2D eigenvalue weighted by molar-refractivity contribution is 7.92. The fourth-order valence-electron chi connectivity index (χ4n) is 2.30. The number of benzene rings is 1. The van der Waals surface area contributed by atoms with Gasteiger partial charge in [-0.1, -0.05) is 26.7 Å². The first-order chi connectivity index (χ1) is 10.3. The molecule has 0 unspecified atom stereocenters. The van der Waals surface area contributed by atoms with Gasteiger partial charge >= 0.3 is 0 Å². The molecule has 0 fully saturated rings. The van der Waals surface area contributed by atoms with Crippen LogP contribution in [0.15, 0.2) is 12.1 Å². The predicted octanol–water partition coefficient (Wildman–Crippen LogP) is 3.65. The Labute approximate surface area is 132 Å². The number of non-ortho nitro benzene ring substituents is 1. The van der Waals surface area contributed by atoms with Gasteiger partial charge in [0.25, 0.3) is 5.69 Å².